The Kier molecular flexibility index (Phi) is 12.6. The number of benzene rings is 7. The van der Waals surface area contributed by atoms with Gasteiger partial charge in [-0.1, -0.05) is 152 Å². The van der Waals surface area contributed by atoms with Crippen LogP contribution in [0.4, 0.5) is 0 Å². The molecular weight excluding hydrogens is 755 g/mol. The molecule has 0 saturated heterocycles. The molecule has 0 aliphatic carbocycles. The van der Waals surface area contributed by atoms with Gasteiger partial charge in [-0.3, -0.25) is 0 Å². The first-order valence-corrected chi connectivity index (χ1v) is 21.1. The molecule has 5 nitrogen and oxygen atoms in total. The molecule has 306 valence electrons. The minimum Gasteiger partial charge on any atom is -0.359 e. The number of aromatic amines is 2. The van der Waals surface area contributed by atoms with Crippen LogP contribution >= 0.6 is 0 Å². The Bertz CT molecular complexity index is 3230. The molecule has 0 fully saturated rings. The smallest absolute Gasteiger partial charge is 0.0488 e. The Morgan fingerprint density at radius 2 is 0.823 bits per heavy atom. The van der Waals surface area contributed by atoms with Gasteiger partial charge < -0.3 is 23.7 Å². The van der Waals surface area contributed by atoms with Gasteiger partial charge in [-0.05, 0) is 102 Å². The van der Waals surface area contributed by atoms with Crippen molar-refractivity contribution in [2.45, 2.75) is 13.8 Å². The molecule has 0 saturated carbocycles. The highest BCUT2D eigenvalue weighted by Crippen LogP contribution is 2.27. The summed E-state index contributed by atoms with van der Waals surface area (Å²) in [4.78, 5) is 6.67. The fourth-order valence-corrected chi connectivity index (χ4v) is 7.89. The van der Waals surface area contributed by atoms with Crippen molar-refractivity contribution < 1.29 is 0 Å². The van der Waals surface area contributed by atoms with Gasteiger partial charge in [0.25, 0.3) is 0 Å². The van der Waals surface area contributed by atoms with Crippen LogP contribution < -0.4 is 0 Å². The molecule has 5 heteroatoms. The monoisotopic (exact) mass is 807 g/mol. The maximum atomic E-state index is 3.41. The summed E-state index contributed by atoms with van der Waals surface area (Å²) in [6.45, 7) is 4.19. The van der Waals surface area contributed by atoms with Crippen LogP contribution in [0.25, 0.3) is 77.0 Å². The van der Waals surface area contributed by atoms with Gasteiger partial charge in [0.2, 0.25) is 0 Å². The van der Waals surface area contributed by atoms with E-state index in [1.54, 1.807) is 0 Å². The highest BCUT2D eigenvalue weighted by atomic mass is 14.9. The van der Waals surface area contributed by atoms with Crippen LogP contribution in [0.5, 0.6) is 0 Å². The van der Waals surface area contributed by atoms with Crippen molar-refractivity contribution in [1.29, 1.82) is 0 Å². The molecule has 7 aromatic carbocycles. The SMILES string of the molecule is Cc1cc2ccccc2[nH]1.Cc1cc2ccccc2n1C.Cn1c(-c2ccccc2)cc2ccccc21.Cn1ccc2ccccc21.c1ccc(-c2cc3ccccc3[nH]2)cc1. The lowest BCUT2D eigenvalue weighted by Gasteiger charge is -2.03. The van der Waals surface area contributed by atoms with Crippen LogP contribution in [0.1, 0.15) is 11.4 Å². The van der Waals surface area contributed by atoms with Gasteiger partial charge in [0.15, 0.2) is 0 Å². The maximum absolute atomic E-state index is 3.41. The highest BCUT2D eigenvalue weighted by molar-refractivity contribution is 5.87. The Morgan fingerprint density at radius 1 is 0.355 bits per heavy atom. The predicted octanol–water partition coefficient (Wildman–Crippen LogP) is 14.8. The summed E-state index contributed by atoms with van der Waals surface area (Å²) in [5.41, 5.74) is 13.8. The summed E-state index contributed by atoms with van der Waals surface area (Å²) in [6, 6.07) is 73.6. The van der Waals surface area contributed by atoms with Crippen molar-refractivity contribution >= 4 is 54.5 Å². The topological polar surface area (TPSA) is 46.4 Å². The zero-order chi connectivity index (χ0) is 42.8. The zero-order valence-electron chi connectivity index (χ0n) is 36.1. The van der Waals surface area contributed by atoms with Gasteiger partial charge in [0.1, 0.15) is 0 Å². The van der Waals surface area contributed by atoms with E-state index in [4.69, 9.17) is 0 Å². The average Bonchev–Trinajstić information content (AvgIpc) is 4.15. The number of hydrogen-bond donors (Lipinski definition) is 2. The second-order valence-corrected chi connectivity index (χ2v) is 15.6. The number of hydrogen-bond acceptors (Lipinski definition) is 0. The minimum absolute atomic E-state index is 1.18. The number of H-pyrrole nitrogens is 2. The molecule has 0 unspecified atom stereocenters. The Balaban J connectivity index is 0.000000108. The number of fused-ring (bicyclic) bond motifs is 5. The van der Waals surface area contributed by atoms with E-state index in [2.05, 4.69) is 253 Å². The van der Waals surface area contributed by atoms with Crippen molar-refractivity contribution in [3.05, 3.63) is 230 Å². The van der Waals surface area contributed by atoms with E-state index in [1.807, 2.05) is 24.3 Å². The quantitative estimate of drug-likeness (QED) is 0.175. The number of nitrogens with zero attached hydrogens (tertiary/aromatic N) is 3. The number of rotatable bonds is 2. The van der Waals surface area contributed by atoms with Crippen molar-refractivity contribution in [3.63, 3.8) is 0 Å². The van der Waals surface area contributed by atoms with E-state index in [9.17, 15) is 0 Å². The van der Waals surface area contributed by atoms with Gasteiger partial charge in [0.05, 0.1) is 0 Å². The van der Waals surface area contributed by atoms with Crippen LogP contribution in [-0.4, -0.2) is 23.7 Å². The van der Waals surface area contributed by atoms with Crippen LogP contribution in [0.3, 0.4) is 0 Å². The Morgan fingerprint density at radius 3 is 1.39 bits per heavy atom. The summed E-state index contributed by atoms with van der Waals surface area (Å²) in [6.07, 6.45) is 2.07. The Hall–Kier alpha value is -7.76. The molecule has 0 atom stereocenters. The van der Waals surface area contributed by atoms with Crippen molar-refractivity contribution in [2.75, 3.05) is 0 Å². The summed E-state index contributed by atoms with van der Waals surface area (Å²) in [5.74, 6) is 0. The van der Waals surface area contributed by atoms with Crippen LogP contribution in [-0.2, 0) is 21.1 Å². The largest absolute Gasteiger partial charge is 0.359 e. The third kappa shape index (κ3) is 9.49. The van der Waals surface area contributed by atoms with E-state index in [-0.39, 0.29) is 0 Å². The lowest BCUT2D eigenvalue weighted by Crippen LogP contribution is -1.90. The molecule has 0 bridgehead atoms. The number of nitrogens with one attached hydrogen (secondary N) is 2. The van der Waals surface area contributed by atoms with Crippen LogP contribution in [0.15, 0.2) is 219 Å². The molecule has 2 N–H and O–H groups in total. The maximum Gasteiger partial charge on any atom is 0.0488 e. The molecule has 0 amide bonds. The third-order valence-electron chi connectivity index (χ3n) is 11.3. The molecule has 0 radical (unpaired) electrons. The molecule has 12 aromatic rings. The van der Waals surface area contributed by atoms with Crippen molar-refractivity contribution in [3.8, 4) is 22.5 Å². The first kappa shape index (κ1) is 41.0. The summed E-state index contributed by atoms with van der Waals surface area (Å²) in [7, 11) is 6.27. The van der Waals surface area contributed by atoms with Gasteiger partial charge in [-0.25, -0.2) is 0 Å². The summed E-state index contributed by atoms with van der Waals surface area (Å²) in [5, 5.41) is 6.48. The molecule has 62 heavy (non-hydrogen) atoms. The first-order chi connectivity index (χ1) is 30.3. The lowest BCUT2D eigenvalue weighted by molar-refractivity contribution is 0.918. The molecule has 0 aliphatic rings. The average molecular weight is 808 g/mol. The van der Waals surface area contributed by atoms with E-state index in [1.165, 1.54) is 88.4 Å². The van der Waals surface area contributed by atoms with Crippen molar-refractivity contribution in [1.82, 2.24) is 23.7 Å². The summed E-state index contributed by atoms with van der Waals surface area (Å²) < 4.78 is 6.56. The predicted molar refractivity (Wildman–Crippen MR) is 266 cm³/mol. The fraction of sp³-hybridized carbons (Fsp3) is 0.0877. The van der Waals surface area contributed by atoms with E-state index >= 15 is 0 Å². The van der Waals surface area contributed by atoms with E-state index in [0.29, 0.717) is 0 Å². The number of para-hydroxylation sites is 5. The van der Waals surface area contributed by atoms with E-state index in [0.717, 1.165) is 0 Å². The van der Waals surface area contributed by atoms with Gasteiger partial charge >= 0.3 is 0 Å². The van der Waals surface area contributed by atoms with Gasteiger partial charge in [-0.2, -0.15) is 0 Å². The molecule has 5 heterocycles. The lowest BCUT2D eigenvalue weighted by atomic mass is 10.1. The van der Waals surface area contributed by atoms with E-state index < -0.39 is 0 Å². The first-order valence-electron chi connectivity index (χ1n) is 21.1. The molecule has 12 rings (SSSR count). The molecule has 5 aromatic heterocycles. The third-order valence-corrected chi connectivity index (χ3v) is 11.3. The normalized spacial score (nSPS) is 10.7. The molecule has 0 aliphatic heterocycles. The summed E-state index contributed by atoms with van der Waals surface area (Å²) >= 11 is 0. The second kappa shape index (κ2) is 19.1. The highest BCUT2D eigenvalue weighted by Gasteiger charge is 2.06. The van der Waals surface area contributed by atoms with Crippen LogP contribution in [0.2, 0.25) is 0 Å². The number of aromatic nitrogens is 5. The fourth-order valence-electron chi connectivity index (χ4n) is 7.89. The molecular formula is C57H53N5. The number of aryl methyl sites for hydroxylation is 5. The van der Waals surface area contributed by atoms with Gasteiger partial charge in [-0.15, -0.1) is 0 Å². The second-order valence-electron chi connectivity index (χ2n) is 15.6. The standard InChI is InChI=1S/C15H13N.C14H11N.C10H11N.2C9H9N/c1-16-14-10-6-5-9-13(14)11-15(16)12-7-3-2-4-8-12;1-2-6-11(7-3-1)14-10-12-8-4-5-9-13(12)15-14;1-8-7-9-5-3-4-6-10(9)11(8)2;1-10-7-6-8-4-2-3-5-9(8)10;1-7-6-8-4-2-3-5-9(8)10-7/h2-11H,1H3;1-10,15H;3-7H,1-2H3;2-7H,1H3;2-6,10H,1H3. The van der Waals surface area contributed by atoms with Crippen molar-refractivity contribution in [2.24, 2.45) is 21.1 Å². The Labute approximate surface area is 364 Å². The molecule has 0 spiro atoms. The zero-order valence-corrected chi connectivity index (χ0v) is 36.1. The van der Waals surface area contributed by atoms with Crippen LogP contribution in [0, 0.1) is 13.8 Å². The minimum atomic E-state index is 1.18. The van der Waals surface area contributed by atoms with Gasteiger partial charge in [0, 0.05) is 88.5 Å².